The quantitative estimate of drug-likeness (QED) is 0.190. The monoisotopic (exact) mass is 350 g/mol. The van der Waals surface area contributed by atoms with E-state index in [0.717, 1.165) is 6.08 Å². The van der Waals surface area contributed by atoms with Crippen molar-refractivity contribution in [2.75, 3.05) is 26.4 Å². The Morgan fingerprint density at radius 3 is 2.40 bits per heavy atom. The van der Waals surface area contributed by atoms with Crippen molar-refractivity contribution < 1.29 is 28.5 Å². The second kappa shape index (κ2) is 10.8. The van der Waals surface area contributed by atoms with E-state index in [1.54, 1.807) is 32.9 Å². The number of carbonyl (C=O) groups is 2. The zero-order valence-corrected chi connectivity index (χ0v) is 15.0. The predicted octanol–water partition coefficient (Wildman–Crippen LogP) is 2.77. The van der Waals surface area contributed by atoms with Crippen molar-refractivity contribution in [3.8, 4) is 0 Å². The van der Waals surface area contributed by atoms with Crippen LogP contribution in [0, 0.1) is 0 Å². The molecule has 0 amide bonds. The highest BCUT2D eigenvalue weighted by atomic mass is 16.7. The first-order valence-electron chi connectivity index (χ1n) is 8.13. The average Bonchev–Trinajstić information content (AvgIpc) is 2.60. The Hall–Kier alpha value is -2.02. The lowest BCUT2D eigenvalue weighted by Gasteiger charge is -2.27. The summed E-state index contributed by atoms with van der Waals surface area (Å²) in [7, 11) is 0. The van der Waals surface area contributed by atoms with Gasteiger partial charge in [0.2, 0.25) is 0 Å². The Morgan fingerprint density at radius 1 is 1.12 bits per heavy atom. The molecular weight excluding hydrogens is 324 g/mol. The topological polar surface area (TPSA) is 71.1 Å². The Morgan fingerprint density at radius 2 is 1.76 bits per heavy atom. The number of hydrogen-bond acceptors (Lipinski definition) is 6. The van der Waals surface area contributed by atoms with Gasteiger partial charge in [0.25, 0.3) is 0 Å². The van der Waals surface area contributed by atoms with Crippen LogP contribution >= 0.6 is 0 Å². The smallest absolute Gasteiger partial charge is 0.330 e. The minimum Gasteiger partial charge on any atom is -0.460 e. The Labute approximate surface area is 148 Å². The van der Waals surface area contributed by atoms with Crippen LogP contribution in [0.5, 0.6) is 0 Å². The number of ether oxygens (including phenoxy) is 4. The summed E-state index contributed by atoms with van der Waals surface area (Å²) in [5.74, 6) is -0.587. The van der Waals surface area contributed by atoms with E-state index < -0.39 is 17.9 Å². The Balaban J connectivity index is 2.24. The molecule has 1 atom stereocenters. The average molecular weight is 350 g/mol. The molecule has 0 aromatic heterocycles. The van der Waals surface area contributed by atoms with E-state index in [1.165, 1.54) is 0 Å². The molecule has 6 heteroatoms. The second-order valence-corrected chi connectivity index (χ2v) is 5.75. The molecule has 138 valence electrons. The molecule has 0 fully saturated rings. The molecule has 0 saturated carbocycles. The van der Waals surface area contributed by atoms with Gasteiger partial charge in [-0.25, -0.2) is 4.79 Å². The third-order valence-electron chi connectivity index (χ3n) is 3.26. The maximum Gasteiger partial charge on any atom is 0.330 e. The van der Waals surface area contributed by atoms with Crippen molar-refractivity contribution in [2.24, 2.45) is 0 Å². The summed E-state index contributed by atoms with van der Waals surface area (Å²) < 4.78 is 21.2. The first kappa shape index (κ1) is 21.0. The van der Waals surface area contributed by atoms with Gasteiger partial charge in [-0.2, -0.15) is 0 Å². The highest BCUT2D eigenvalue weighted by Gasteiger charge is 2.31. The molecule has 0 heterocycles. The zero-order valence-electron chi connectivity index (χ0n) is 15.0. The molecule has 0 N–H and O–H groups in total. The van der Waals surface area contributed by atoms with Crippen LogP contribution in [-0.4, -0.2) is 50.1 Å². The van der Waals surface area contributed by atoms with Crippen molar-refractivity contribution in [1.82, 2.24) is 0 Å². The largest absolute Gasteiger partial charge is 0.460 e. The summed E-state index contributed by atoms with van der Waals surface area (Å²) in [4.78, 5) is 23.3. The summed E-state index contributed by atoms with van der Waals surface area (Å²) in [5.41, 5.74) is -0.405. The van der Waals surface area contributed by atoms with Crippen LogP contribution < -0.4 is 0 Å². The number of rotatable bonds is 12. The van der Waals surface area contributed by atoms with E-state index in [2.05, 4.69) is 6.58 Å². The molecular formula is C19H26O6. The molecule has 1 unspecified atom stereocenters. The van der Waals surface area contributed by atoms with Crippen LogP contribution in [0.4, 0.5) is 0 Å². The molecule has 0 aliphatic carbocycles. The van der Waals surface area contributed by atoms with Gasteiger partial charge in [0.05, 0.1) is 19.8 Å². The number of esters is 1. The van der Waals surface area contributed by atoms with Crippen LogP contribution in [-0.2, 0) is 23.7 Å². The molecule has 6 nitrogen and oxygen atoms in total. The molecule has 0 aliphatic heterocycles. The normalized spacial score (nSPS) is 12.4. The summed E-state index contributed by atoms with van der Waals surface area (Å²) in [5, 5.41) is 0. The summed E-state index contributed by atoms with van der Waals surface area (Å²) in [6.07, 6.45) is 0.533. The van der Waals surface area contributed by atoms with E-state index in [-0.39, 0.29) is 19.0 Å². The number of Topliss-reactive ketones (excluding diaryl/α,β-unsaturated/α-hetero) is 1. The lowest BCUT2D eigenvalue weighted by molar-refractivity contribution is -0.180. The lowest BCUT2D eigenvalue weighted by Crippen LogP contribution is -2.39. The first-order chi connectivity index (χ1) is 11.9. The molecule has 0 radical (unpaired) electrons. The van der Waals surface area contributed by atoms with Crippen LogP contribution in [0.25, 0.3) is 0 Å². The standard InChI is InChI=1S/C19H26O6/c1-5-17(20)24-14-12-22-11-13-23-15(2)25-19(3,4)18(21)16-9-7-6-8-10-16/h5-10,15H,1,11-14H2,2-4H3. The number of hydrogen-bond donors (Lipinski definition) is 0. The van der Waals surface area contributed by atoms with Gasteiger partial charge in [0.15, 0.2) is 12.1 Å². The van der Waals surface area contributed by atoms with Gasteiger partial charge in [-0.3, -0.25) is 4.79 Å². The van der Waals surface area contributed by atoms with Gasteiger partial charge in [0, 0.05) is 11.6 Å². The SMILES string of the molecule is C=CC(=O)OCCOCCOC(C)OC(C)(C)C(=O)c1ccccc1. The van der Waals surface area contributed by atoms with Crippen molar-refractivity contribution in [1.29, 1.82) is 0 Å². The van der Waals surface area contributed by atoms with Crippen LogP contribution in [0.3, 0.4) is 0 Å². The molecule has 0 bridgehead atoms. The highest BCUT2D eigenvalue weighted by molar-refractivity contribution is 6.01. The van der Waals surface area contributed by atoms with E-state index in [1.807, 2.05) is 18.2 Å². The molecule has 0 spiro atoms. The van der Waals surface area contributed by atoms with E-state index in [4.69, 9.17) is 18.9 Å². The lowest BCUT2D eigenvalue weighted by atomic mass is 9.96. The highest BCUT2D eigenvalue weighted by Crippen LogP contribution is 2.19. The van der Waals surface area contributed by atoms with E-state index in [0.29, 0.717) is 18.8 Å². The van der Waals surface area contributed by atoms with Crippen molar-refractivity contribution in [2.45, 2.75) is 32.7 Å². The molecule has 1 aromatic carbocycles. The fourth-order valence-electron chi connectivity index (χ4n) is 2.07. The van der Waals surface area contributed by atoms with Gasteiger partial charge in [-0.05, 0) is 20.8 Å². The van der Waals surface area contributed by atoms with E-state index in [9.17, 15) is 9.59 Å². The third-order valence-corrected chi connectivity index (χ3v) is 3.26. The minimum absolute atomic E-state index is 0.108. The minimum atomic E-state index is -0.999. The third kappa shape index (κ3) is 8.07. The Bertz CT molecular complexity index is 552. The predicted molar refractivity (Wildman–Crippen MR) is 93.3 cm³/mol. The van der Waals surface area contributed by atoms with Crippen LogP contribution in [0.2, 0.25) is 0 Å². The molecule has 0 aliphatic rings. The van der Waals surface area contributed by atoms with Crippen molar-refractivity contribution in [3.63, 3.8) is 0 Å². The number of ketones is 1. The van der Waals surface area contributed by atoms with Crippen molar-refractivity contribution >= 4 is 11.8 Å². The van der Waals surface area contributed by atoms with Crippen LogP contribution in [0.1, 0.15) is 31.1 Å². The molecule has 1 rings (SSSR count). The maximum atomic E-state index is 12.5. The van der Waals surface area contributed by atoms with Gasteiger partial charge in [-0.1, -0.05) is 36.9 Å². The van der Waals surface area contributed by atoms with Crippen molar-refractivity contribution in [3.05, 3.63) is 48.6 Å². The fourth-order valence-corrected chi connectivity index (χ4v) is 2.07. The van der Waals surface area contributed by atoms with Gasteiger partial charge in [0.1, 0.15) is 12.2 Å². The van der Waals surface area contributed by atoms with Gasteiger partial charge in [-0.15, -0.1) is 0 Å². The first-order valence-corrected chi connectivity index (χ1v) is 8.13. The summed E-state index contributed by atoms with van der Waals surface area (Å²) >= 11 is 0. The number of carbonyl (C=O) groups excluding carboxylic acids is 2. The fraction of sp³-hybridized carbons (Fsp3) is 0.474. The summed E-state index contributed by atoms with van der Waals surface area (Å²) in [6, 6.07) is 8.99. The van der Waals surface area contributed by atoms with E-state index >= 15 is 0 Å². The summed E-state index contributed by atoms with van der Waals surface area (Å²) in [6.45, 7) is 9.51. The molecule has 25 heavy (non-hydrogen) atoms. The molecule has 0 saturated heterocycles. The molecule has 1 aromatic rings. The Kier molecular flexibility index (Phi) is 9.05. The van der Waals surface area contributed by atoms with Crippen LogP contribution in [0.15, 0.2) is 43.0 Å². The maximum absolute atomic E-state index is 12.5. The number of benzene rings is 1. The van der Waals surface area contributed by atoms with Gasteiger partial charge >= 0.3 is 5.97 Å². The second-order valence-electron chi connectivity index (χ2n) is 5.75. The zero-order chi connectivity index (χ0) is 18.7. The van der Waals surface area contributed by atoms with Gasteiger partial charge < -0.3 is 18.9 Å².